The number of hydrogen-bond donors (Lipinski definition) is 1. The Morgan fingerprint density at radius 3 is 2.10 bits per heavy atom. The third kappa shape index (κ3) is 4.76. The second kappa shape index (κ2) is 10.3. The molecule has 1 N–H and O–H groups in total. The Balaban J connectivity index is 1.15. The molecule has 0 bridgehead atoms. The van der Waals surface area contributed by atoms with Crippen molar-refractivity contribution >= 4 is 24.4 Å². The number of nitrogens with zero attached hydrogens (tertiary/aromatic N) is 1. The number of ether oxygens (including phenoxy) is 1. The highest BCUT2D eigenvalue weighted by molar-refractivity contribution is 6.62. The minimum Gasteiger partial charge on any atom is -0.448 e. The molecule has 0 atom stereocenters. The molecule has 42 heavy (non-hydrogen) atoms. The molecule has 4 aromatic rings. The largest absolute Gasteiger partial charge is 0.497 e. The van der Waals surface area contributed by atoms with Crippen molar-refractivity contribution in [2.24, 2.45) is 0 Å². The molecule has 0 saturated carbocycles. The van der Waals surface area contributed by atoms with Crippen LogP contribution in [0.25, 0.3) is 22.4 Å². The molecule has 1 fully saturated rings. The highest BCUT2D eigenvalue weighted by atomic mass is 19.2. The van der Waals surface area contributed by atoms with Crippen molar-refractivity contribution in [2.45, 2.75) is 51.7 Å². The molecule has 6 nitrogen and oxygen atoms in total. The standard InChI is InChI=1S/C33H31BF2N2O4/c1-19-16-20(38-31(39)40-18-26-23-12-8-6-10-21(23)22-11-7-9-13-24(22)26)17-37-30(19)25-14-15-27(29(36)28(25)35)34-41-32(2,3)33(4,5)42-34/h6-17,26H,18H2,1-5H3,(H,38,39). The lowest BCUT2D eigenvalue weighted by molar-refractivity contribution is 0.00578. The average Bonchev–Trinajstić information content (AvgIpc) is 3.38. The molecular formula is C33H31BF2N2O4. The second-order valence-corrected chi connectivity index (χ2v) is 11.8. The van der Waals surface area contributed by atoms with E-state index in [0.29, 0.717) is 11.3 Å². The number of rotatable bonds is 5. The first kappa shape index (κ1) is 28.1. The molecule has 214 valence electrons. The SMILES string of the molecule is Cc1cc(NC(=O)OCC2c3ccccc3-c3ccccc32)cnc1-c1ccc(B2OC(C)(C)C(C)(C)O2)c(F)c1F. The minimum atomic E-state index is -1.05. The molecule has 1 aliphatic heterocycles. The fourth-order valence-electron chi connectivity index (χ4n) is 5.58. The first-order valence-corrected chi connectivity index (χ1v) is 13.9. The Morgan fingerprint density at radius 2 is 1.50 bits per heavy atom. The average molecular weight is 568 g/mol. The zero-order chi connectivity index (χ0) is 29.8. The summed E-state index contributed by atoms with van der Waals surface area (Å²) in [5.41, 5.74) is 4.32. The van der Waals surface area contributed by atoms with Crippen LogP contribution in [0.5, 0.6) is 0 Å². The quantitative estimate of drug-likeness (QED) is 0.263. The number of hydrogen-bond acceptors (Lipinski definition) is 5. The molecule has 6 rings (SSSR count). The van der Waals surface area contributed by atoms with E-state index in [1.807, 2.05) is 52.0 Å². The van der Waals surface area contributed by atoms with Gasteiger partial charge < -0.3 is 14.0 Å². The lowest BCUT2D eigenvalue weighted by atomic mass is 9.78. The van der Waals surface area contributed by atoms with Crippen LogP contribution in [0.4, 0.5) is 19.3 Å². The highest BCUT2D eigenvalue weighted by Crippen LogP contribution is 2.44. The van der Waals surface area contributed by atoms with Gasteiger partial charge in [-0.15, -0.1) is 0 Å². The van der Waals surface area contributed by atoms with Crippen molar-refractivity contribution in [3.8, 4) is 22.4 Å². The number of carbonyl (C=O) groups excluding carboxylic acids is 1. The summed E-state index contributed by atoms with van der Waals surface area (Å²) in [5, 5.41) is 2.70. The highest BCUT2D eigenvalue weighted by Gasteiger charge is 2.52. The van der Waals surface area contributed by atoms with Crippen molar-refractivity contribution < 1.29 is 27.6 Å². The Kier molecular flexibility index (Phi) is 6.90. The van der Waals surface area contributed by atoms with E-state index in [-0.39, 0.29) is 29.2 Å². The number of carbonyl (C=O) groups is 1. The van der Waals surface area contributed by atoms with Crippen molar-refractivity contribution in [1.29, 1.82) is 0 Å². The van der Waals surface area contributed by atoms with Gasteiger partial charge in [-0.2, -0.15) is 0 Å². The predicted octanol–water partition coefficient (Wildman–Crippen LogP) is 7.00. The molecule has 0 unspecified atom stereocenters. The number of aromatic nitrogens is 1. The van der Waals surface area contributed by atoms with E-state index in [0.717, 1.165) is 22.3 Å². The maximum atomic E-state index is 15.3. The van der Waals surface area contributed by atoms with Gasteiger partial charge in [0.1, 0.15) is 6.61 Å². The summed E-state index contributed by atoms with van der Waals surface area (Å²) in [4.78, 5) is 17.1. The maximum Gasteiger partial charge on any atom is 0.497 e. The van der Waals surface area contributed by atoms with Crippen LogP contribution in [-0.2, 0) is 14.0 Å². The molecule has 0 spiro atoms. The zero-order valence-corrected chi connectivity index (χ0v) is 24.1. The smallest absolute Gasteiger partial charge is 0.448 e. The molecule has 1 saturated heterocycles. The summed E-state index contributed by atoms with van der Waals surface area (Å²) in [6, 6.07) is 20.8. The molecule has 1 amide bonds. The van der Waals surface area contributed by atoms with Gasteiger partial charge in [-0.25, -0.2) is 13.6 Å². The van der Waals surface area contributed by atoms with Crippen LogP contribution in [0, 0.1) is 18.6 Å². The monoisotopic (exact) mass is 568 g/mol. The number of nitrogens with one attached hydrogen (secondary N) is 1. The van der Waals surface area contributed by atoms with Crippen LogP contribution < -0.4 is 10.8 Å². The number of fused-ring (bicyclic) bond motifs is 3. The summed E-state index contributed by atoms with van der Waals surface area (Å²) in [7, 11) is -1.03. The predicted molar refractivity (Wildman–Crippen MR) is 159 cm³/mol. The number of benzene rings is 3. The molecular weight excluding hydrogens is 537 g/mol. The molecule has 2 aliphatic rings. The Bertz CT molecular complexity index is 1650. The van der Waals surface area contributed by atoms with Gasteiger partial charge in [-0.3, -0.25) is 10.3 Å². The van der Waals surface area contributed by atoms with Gasteiger partial charge in [0, 0.05) is 16.9 Å². The van der Waals surface area contributed by atoms with E-state index in [4.69, 9.17) is 14.0 Å². The number of amides is 1. The number of halogens is 2. The van der Waals surface area contributed by atoms with E-state index < -0.39 is 36.0 Å². The van der Waals surface area contributed by atoms with Crippen molar-refractivity contribution in [2.75, 3.05) is 11.9 Å². The van der Waals surface area contributed by atoms with Crippen molar-refractivity contribution in [1.82, 2.24) is 4.98 Å². The Labute approximate surface area is 244 Å². The minimum absolute atomic E-state index is 0.00189. The van der Waals surface area contributed by atoms with E-state index in [9.17, 15) is 4.79 Å². The third-order valence-corrected chi connectivity index (χ3v) is 8.54. The number of anilines is 1. The van der Waals surface area contributed by atoms with Gasteiger partial charge in [0.05, 0.1) is 28.8 Å². The normalized spacial score (nSPS) is 16.7. The summed E-state index contributed by atoms with van der Waals surface area (Å²) >= 11 is 0. The Morgan fingerprint density at radius 1 is 0.905 bits per heavy atom. The van der Waals surface area contributed by atoms with Crippen LogP contribution >= 0.6 is 0 Å². The first-order chi connectivity index (χ1) is 20.0. The number of pyridine rings is 1. The second-order valence-electron chi connectivity index (χ2n) is 11.8. The van der Waals surface area contributed by atoms with Crippen LogP contribution in [-0.4, -0.2) is 36.0 Å². The summed E-state index contributed by atoms with van der Waals surface area (Å²) in [5.74, 6) is -2.16. The summed E-state index contributed by atoms with van der Waals surface area (Å²) < 4.78 is 48.0. The van der Waals surface area contributed by atoms with Crippen LogP contribution in [0.3, 0.4) is 0 Å². The van der Waals surface area contributed by atoms with Gasteiger partial charge in [0.2, 0.25) is 0 Å². The molecule has 2 heterocycles. The van der Waals surface area contributed by atoms with E-state index in [1.54, 1.807) is 13.0 Å². The fraction of sp³-hybridized carbons (Fsp3) is 0.273. The van der Waals surface area contributed by atoms with Crippen LogP contribution in [0.1, 0.15) is 50.3 Å². The lowest BCUT2D eigenvalue weighted by Gasteiger charge is -2.32. The maximum absolute atomic E-state index is 15.3. The fourth-order valence-corrected chi connectivity index (χ4v) is 5.58. The van der Waals surface area contributed by atoms with E-state index in [2.05, 4.69) is 34.6 Å². The summed E-state index contributed by atoms with van der Waals surface area (Å²) in [6.07, 6.45) is 0.762. The molecule has 1 aromatic heterocycles. The third-order valence-electron chi connectivity index (χ3n) is 8.54. The van der Waals surface area contributed by atoms with Gasteiger partial charge >= 0.3 is 13.2 Å². The van der Waals surface area contributed by atoms with E-state index in [1.165, 1.54) is 18.3 Å². The molecule has 0 radical (unpaired) electrons. The van der Waals surface area contributed by atoms with E-state index >= 15 is 8.78 Å². The van der Waals surface area contributed by atoms with Gasteiger partial charge in [-0.05, 0) is 74.6 Å². The molecule has 3 aromatic carbocycles. The number of aryl methyl sites for hydroxylation is 1. The van der Waals surface area contributed by atoms with Gasteiger partial charge in [0.25, 0.3) is 0 Å². The molecule has 9 heteroatoms. The van der Waals surface area contributed by atoms with Crippen molar-refractivity contribution in [3.05, 3.63) is 101 Å². The summed E-state index contributed by atoms with van der Waals surface area (Å²) in [6.45, 7) is 9.28. The van der Waals surface area contributed by atoms with Gasteiger partial charge in [0.15, 0.2) is 11.6 Å². The van der Waals surface area contributed by atoms with Crippen LogP contribution in [0.15, 0.2) is 72.9 Å². The first-order valence-electron chi connectivity index (χ1n) is 13.9. The zero-order valence-electron chi connectivity index (χ0n) is 24.1. The Hall–Kier alpha value is -4.08. The topological polar surface area (TPSA) is 69.7 Å². The van der Waals surface area contributed by atoms with Gasteiger partial charge in [-0.1, -0.05) is 54.6 Å². The molecule has 1 aliphatic carbocycles. The lowest BCUT2D eigenvalue weighted by Crippen LogP contribution is -2.41. The van der Waals surface area contributed by atoms with Crippen molar-refractivity contribution in [3.63, 3.8) is 0 Å². The van der Waals surface area contributed by atoms with Crippen LogP contribution in [0.2, 0.25) is 0 Å².